The highest BCUT2D eigenvalue weighted by Gasteiger charge is 1.98. The van der Waals surface area contributed by atoms with E-state index in [1.54, 1.807) is 7.11 Å². The van der Waals surface area contributed by atoms with Crippen LogP contribution in [0.25, 0.3) is 0 Å². The lowest BCUT2D eigenvalue weighted by Gasteiger charge is -2.06. The molecule has 0 aliphatic carbocycles. The summed E-state index contributed by atoms with van der Waals surface area (Å²) < 4.78 is 10.3. The summed E-state index contributed by atoms with van der Waals surface area (Å²) in [6, 6.07) is 7.48. The molecule has 0 spiro atoms. The Morgan fingerprint density at radius 1 is 1.31 bits per heavy atom. The molecule has 1 rings (SSSR count). The Morgan fingerprint density at radius 3 is 2.77 bits per heavy atom. The fraction of sp³-hybridized carbons (Fsp3) is 0.273. The van der Waals surface area contributed by atoms with Crippen molar-refractivity contribution in [2.45, 2.75) is 0 Å². The van der Waals surface area contributed by atoms with Gasteiger partial charge < -0.3 is 9.47 Å². The predicted molar refractivity (Wildman–Crippen MR) is 51.7 cm³/mol. The van der Waals surface area contributed by atoms with Gasteiger partial charge in [0.25, 0.3) is 0 Å². The third kappa shape index (κ3) is 2.81. The molecule has 0 aliphatic heterocycles. The fourth-order valence-electron chi connectivity index (χ4n) is 0.947. The third-order valence-electron chi connectivity index (χ3n) is 1.59. The number of ether oxygens (including phenoxy) is 2. The Hall–Kier alpha value is -1.46. The van der Waals surface area contributed by atoms with Crippen molar-refractivity contribution >= 4 is 0 Å². The summed E-state index contributed by atoms with van der Waals surface area (Å²) in [5.41, 5.74) is 0.776. The third-order valence-corrected chi connectivity index (χ3v) is 1.59. The second kappa shape index (κ2) is 5.23. The number of hydrogen-bond acceptors (Lipinski definition) is 2. The molecule has 0 amide bonds. The van der Waals surface area contributed by atoms with Crippen LogP contribution in [0.3, 0.4) is 0 Å². The lowest BCUT2D eigenvalue weighted by Crippen LogP contribution is -2.05. The van der Waals surface area contributed by atoms with E-state index in [-0.39, 0.29) is 0 Å². The van der Waals surface area contributed by atoms with Gasteiger partial charge in [-0.05, 0) is 12.1 Å². The smallest absolute Gasteiger partial charge is 0.135 e. The van der Waals surface area contributed by atoms with Crippen LogP contribution in [0.2, 0.25) is 0 Å². The molecule has 2 nitrogen and oxygen atoms in total. The predicted octanol–water partition coefficient (Wildman–Crippen LogP) is 1.69. The van der Waals surface area contributed by atoms with Crippen molar-refractivity contribution in [1.29, 1.82) is 0 Å². The van der Waals surface area contributed by atoms with Crippen molar-refractivity contribution in [2.24, 2.45) is 0 Å². The molecule has 0 heterocycles. The summed E-state index contributed by atoms with van der Waals surface area (Å²) in [4.78, 5) is 0. The summed E-state index contributed by atoms with van der Waals surface area (Å²) in [7, 11) is 1.64. The standard InChI is InChI=1S/C11H12O2/c1-3-10-6-4-5-7-11(10)13-9-8-12-2/h1,4-7H,8-9H2,2H3. The van der Waals surface area contributed by atoms with Gasteiger partial charge in [0.1, 0.15) is 12.4 Å². The Labute approximate surface area is 78.5 Å². The minimum Gasteiger partial charge on any atom is -0.490 e. The van der Waals surface area contributed by atoms with Gasteiger partial charge in [-0.15, -0.1) is 6.42 Å². The largest absolute Gasteiger partial charge is 0.490 e. The molecule has 0 N–H and O–H groups in total. The molecular formula is C11H12O2. The average Bonchev–Trinajstić information content (AvgIpc) is 2.19. The number of methoxy groups -OCH3 is 1. The fourth-order valence-corrected chi connectivity index (χ4v) is 0.947. The molecule has 68 valence electrons. The van der Waals surface area contributed by atoms with E-state index in [1.807, 2.05) is 24.3 Å². The van der Waals surface area contributed by atoms with Crippen molar-refractivity contribution in [1.82, 2.24) is 0 Å². The monoisotopic (exact) mass is 176 g/mol. The maximum atomic E-state index is 5.40. The lowest BCUT2D eigenvalue weighted by atomic mass is 10.2. The van der Waals surface area contributed by atoms with E-state index in [2.05, 4.69) is 5.92 Å². The van der Waals surface area contributed by atoms with Crippen molar-refractivity contribution in [3.05, 3.63) is 29.8 Å². The minimum absolute atomic E-state index is 0.523. The molecular weight excluding hydrogens is 164 g/mol. The van der Waals surface area contributed by atoms with Gasteiger partial charge in [0.2, 0.25) is 0 Å². The molecule has 0 fully saturated rings. The number of para-hydroxylation sites is 1. The van der Waals surface area contributed by atoms with E-state index in [4.69, 9.17) is 15.9 Å². The van der Waals surface area contributed by atoms with Gasteiger partial charge in [-0.2, -0.15) is 0 Å². The molecule has 1 aromatic rings. The zero-order valence-corrected chi connectivity index (χ0v) is 7.62. The summed E-state index contributed by atoms with van der Waals surface area (Å²) >= 11 is 0. The number of rotatable bonds is 4. The van der Waals surface area contributed by atoms with Gasteiger partial charge in [0, 0.05) is 7.11 Å². The molecule has 0 aromatic heterocycles. The van der Waals surface area contributed by atoms with E-state index in [0.29, 0.717) is 13.2 Å². The zero-order chi connectivity index (χ0) is 9.52. The van der Waals surface area contributed by atoms with E-state index in [0.717, 1.165) is 11.3 Å². The van der Waals surface area contributed by atoms with Crippen LogP contribution >= 0.6 is 0 Å². The van der Waals surface area contributed by atoms with E-state index >= 15 is 0 Å². The van der Waals surface area contributed by atoms with Gasteiger partial charge in [0.15, 0.2) is 0 Å². The number of benzene rings is 1. The van der Waals surface area contributed by atoms with Crippen LogP contribution in [0.1, 0.15) is 5.56 Å². The van der Waals surface area contributed by atoms with Crippen LogP contribution in [0.5, 0.6) is 5.75 Å². The Bertz CT molecular complexity index is 299. The number of terminal acetylenes is 1. The van der Waals surface area contributed by atoms with Gasteiger partial charge >= 0.3 is 0 Å². The summed E-state index contributed by atoms with van der Waals surface area (Å²) in [5, 5.41) is 0. The molecule has 0 saturated carbocycles. The Kier molecular flexibility index (Phi) is 3.87. The highest BCUT2D eigenvalue weighted by atomic mass is 16.5. The van der Waals surface area contributed by atoms with Gasteiger partial charge in [0.05, 0.1) is 12.2 Å². The number of hydrogen-bond donors (Lipinski definition) is 0. The quantitative estimate of drug-likeness (QED) is 0.513. The van der Waals surface area contributed by atoms with Gasteiger partial charge in [-0.3, -0.25) is 0 Å². The van der Waals surface area contributed by atoms with E-state index in [9.17, 15) is 0 Å². The Morgan fingerprint density at radius 2 is 2.08 bits per heavy atom. The van der Waals surface area contributed by atoms with Crippen molar-refractivity contribution in [3.8, 4) is 18.1 Å². The SMILES string of the molecule is C#Cc1ccccc1OCCOC. The first-order valence-corrected chi connectivity index (χ1v) is 4.06. The first-order chi connectivity index (χ1) is 6.38. The van der Waals surface area contributed by atoms with Gasteiger partial charge in [-0.25, -0.2) is 0 Å². The first kappa shape index (κ1) is 9.63. The van der Waals surface area contributed by atoms with E-state index in [1.165, 1.54) is 0 Å². The van der Waals surface area contributed by atoms with Crippen LogP contribution in [0.15, 0.2) is 24.3 Å². The van der Waals surface area contributed by atoms with Crippen LogP contribution in [0.4, 0.5) is 0 Å². The summed E-state index contributed by atoms with van der Waals surface area (Å²) in [6.45, 7) is 1.09. The highest BCUT2D eigenvalue weighted by molar-refractivity contribution is 5.44. The maximum Gasteiger partial charge on any atom is 0.135 e. The summed E-state index contributed by atoms with van der Waals surface area (Å²) in [5.74, 6) is 3.29. The molecule has 0 unspecified atom stereocenters. The Balaban J connectivity index is 2.60. The molecule has 0 atom stereocenters. The zero-order valence-electron chi connectivity index (χ0n) is 7.62. The normalized spacial score (nSPS) is 9.23. The maximum absolute atomic E-state index is 5.40. The van der Waals surface area contributed by atoms with Gasteiger partial charge in [-0.1, -0.05) is 18.1 Å². The lowest BCUT2D eigenvalue weighted by molar-refractivity contribution is 0.146. The topological polar surface area (TPSA) is 18.5 Å². The minimum atomic E-state index is 0.523. The molecule has 0 aliphatic rings. The average molecular weight is 176 g/mol. The molecule has 0 saturated heterocycles. The molecule has 0 bridgehead atoms. The molecule has 13 heavy (non-hydrogen) atoms. The first-order valence-electron chi connectivity index (χ1n) is 4.06. The van der Waals surface area contributed by atoms with E-state index < -0.39 is 0 Å². The molecule has 1 aromatic carbocycles. The summed E-state index contributed by atoms with van der Waals surface area (Å²) in [6.07, 6.45) is 5.29. The van der Waals surface area contributed by atoms with Crippen molar-refractivity contribution in [3.63, 3.8) is 0 Å². The van der Waals surface area contributed by atoms with Crippen molar-refractivity contribution in [2.75, 3.05) is 20.3 Å². The van der Waals surface area contributed by atoms with Crippen LogP contribution in [-0.2, 0) is 4.74 Å². The second-order valence-electron chi connectivity index (χ2n) is 2.48. The second-order valence-corrected chi connectivity index (χ2v) is 2.48. The van der Waals surface area contributed by atoms with Crippen LogP contribution in [-0.4, -0.2) is 20.3 Å². The molecule has 2 heteroatoms. The highest BCUT2D eigenvalue weighted by Crippen LogP contribution is 2.15. The van der Waals surface area contributed by atoms with Crippen LogP contribution < -0.4 is 4.74 Å². The molecule has 0 radical (unpaired) electrons. The van der Waals surface area contributed by atoms with Crippen molar-refractivity contribution < 1.29 is 9.47 Å². The van der Waals surface area contributed by atoms with Crippen LogP contribution in [0, 0.1) is 12.3 Å².